The van der Waals surface area contributed by atoms with E-state index in [2.05, 4.69) is 41.1 Å². The van der Waals surface area contributed by atoms with Gasteiger partial charge in [0.15, 0.2) is 0 Å². The van der Waals surface area contributed by atoms with E-state index in [-0.39, 0.29) is 82.0 Å². The van der Waals surface area contributed by atoms with Crippen molar-refractivity contribution < 1.29 is 40.8 Å². The maximum Gasteiger partial charge on any atom is 0.294 e. The number of hydrogen-bond donors (Lipinski definition) is 8. The highest BCUT2D eigenvalue weighted by Gasteiger charge is 2.23. The molecule has 1 heterocycles. The Morgan fingerprint density at radius 1 is 1.02 bits per heavy atom. The first-order chi connectivity index (χ1) is 23.3. The van der Waals surface area contributed by atoms with Crippen molar-refractivity contribution >= 4 is 72.3 Å². The standard InChI is InChI=1S/C28H35N11O9S2/c1-14-5-17(49(31,42)43)9-23(47-4)24(14)39-38-21-10-19-16(6-18(8-22(19)41)50(44,45)46)7-20(21)33-26-34-25(32-11-15(2)29)35-27(36-26)37-28(3,30)12-48-13-40/h5-10,13,15,41H,11-12,29-30H2,1-4H3,(H2,31,42,43)(H,44,45,46)(H3,32,33,34,35,36,37). The summed E-state index contributed by atoms with van der Waals surface area (Å²) in [7, 11) is -7.49. The highest BCUT2D eigenvalue weighted by atomic mass is 32.2. The second kappa shape index (κ2) is 14.7. The largest absolute Gasteiger partial charge is 0.507 e. The van der Waals surface area contributed by atoms with Gasteiger partial charge in [-0.2, -0.15) is 23.4 Å². The normalized spacial score (nSPS) is 13.8. The number of aromatic hydroxyl groups is 1. The molecule has 0 aliphatic heterocycles. The molecule has 11 N–H and O–H groups in total. The lowest BCUT2D eigenvalue weighted by molar-refractivity contribution is -0.129. The Labute approximate surface area is 286 Å². The molecular formula is C28H35N11O9S2. The van der Waals surface area contributed by atoms with Crippen molar-refractivity contribution in [3.8, 4) is 11.5 Å². The van der Waals surface area contributed by atoms with Crippen LogP contribution in [0.1, 0.15) is 19.4 Å². The van der Waals surface area contributed by atoms with Crippen LogP contribution in [0.3, 0.4) is 0 Å². The number of sulfonamides is 1. The molecule has 3 aromatic carbocycles. The molecule has 22 heteroatoms. The molecule has 20 nitrogen and oxygen atoms in total. The molecule has 2 unspecified atom stereocenters. The number of ether oxygens (including phenoxy) is 2. The molecule has 50 heavy (non-hydrogen) atoms. The molecule has 0 aliphatic rings. The van der Waals surface area contributed by atoms with Crippen molar-refractivity contribution in [2.75, 3.05) is 36.2 Å². The van der Waals surface area contributed by atoms with Crippen molar-refractivity contribution in [3.63, 3.8) is 0 Å². The Hall–Kier alpha value is -5.26. The van der Waals surface area contributed by atoms with Gasteiger partial charge in [0.2, 0.25) is 27.9 Å². The molecule has 0 aliphatic carbocycles. The Kier molecular flexibility index (Phi) is 11.0. The second-order valence-corrected chi connectivity index (χ2v) is 14.3. The number of methoxy groups -OCH3 is 1. The van der Waals surface area contributed by atoms with E-state index in [1.807, 2.05) is 0 Å². The third kappa shape index (κ3) is 9.46. The van der Waals surface area contributed by atoms with Crippen LogP contribution in [0.15, 0.2) is 56.4 Å². The molecule has 0 saturated heterocycles. The number of aryl methyl sites for hydroxylation is 1. The Balaban J connectivity index is 1.90. The molecule has 0 spiro atoms. The number of carbonyl (C=O) groups excluding carboxylic acids is 1. The number of anilines is 4. The van der Waals surface area contributed by atoms with Gasteiger partial charge in [-0.1, -0.05) is 0 Å². The summed E-state index contributed by atoms with van der Waals surface area (Å²) in [6.45, 7) is 5.08. The van der Waals surface area contributed by atoms with Crippen LogP contribution in [0.25, 0.3) is 10.8 Å². The van der Waals surface area contributed by atoms with Gasteiger partial charge in [0, 0.05) is 30.1 Å². The van der Waals surface area contributed by atoms with Crippen LogP contribution in [0.2, 0.25) is 0 Å². The van der Waals surface area contributed by atoms with Crippen LogP contribution < -0.4 is 37.3 Å². The molecule has 0 saturated carbocycles. The summed E-state index contributed by atoms with van der Waals surface area (Å²) in [6, 6.07) is 6.92. The fraction of sp³-hybridized carbons (Fsp3) is 0.286. The number of rotatable bonds is 15. The minimum Gasteiger partial charge on any atom is -0.507 e. The summed E-state index contributed by atoms with van der Waals surface area (Å²) in [5, 5.41) is 33.7. The average Bonchev–Trinajstić information content (AvgIpc) is 3.00. The fourth-order valence-corrected chi connectivity index (χ4v) is 5.54. The first kappa shape index (κ1) is 37.6. The number of aromatic nitrogens is 3. The second-order valence-electron chi connectivity index (χ2n) is 11.3. The molecule has 0 fully saturated rings. The van der Waals surface area contributed by atoms with Gasteiger partial charge in [0.05, 0.1) is 22.6 Å². The molecule has 1 aromatic heterocycles. The van der Waals surface area contributed by atoms with Crippen molar-refractivity contribution in [2.24, 2.45) is 26.8 Å². The van der Waals surface area contributed by atoms with Crippen LogP contribution >= 0.6 is 0 Å². The van der Waals surface area contributed by atoms with Crippen LogP contribution in [-0.2, 0) is 29.7 Å². The molecule has 268 valence electrons. The summed E-state index contributed by atoms with van der Waals surface area (Å²) >= 11 is 0. The van der Waals surface area contributed by atoms with Gasteiger partial charge in [0.1, 0.15) is 35.1 Å². The van der Waals surface area contributed by atoms with Gasteiger partial charge in [-0.25, -0.2) is 13.6 Å². The van der Waals surface area contributed by atoms with Gasteiger partial charge in [-0.3, -0.25) is 9.35 Å². The molecule has 0 radical (unpaired) electrons. The van der Waals surface area contributed by atoms with Crippen LogP contribution in [-0.4, -0.2) is 79.9 Å². The molecule has 4 aromatic rings. The Morgan fingerprint density at radius 3 is 2.32 bits per heavy atom. The third-order valence-electron chi connectivity index (χ3n) is 6.68. The number of phenolic OH excluding ortho intramolecular Hbond substituents is 1. The number of primary sulfonamides is 1. The summed E-state index contributed by atoms with van der Waals surface area (Å²) in [5.41, 5.74) is 11.4. The number of azo groups is 1. The highest BCUT2D eigenvalue weighted by Crippen LogP contribution is 2.40. The SMILES string of the molecule is COc1cc(S(N)(=O)=O)cc(C)c1N=Nc1cc2c(O)cc(S(=O)(=O)O)cc2cc1Nc1nc(NCC(C)N)nc(NC(C)(N)COC=O)n1. The zero-order valence-corrected chi connectivity index (χ0v) is 28.7. The van der Waals surface area contributed by atoms with E-state index >= 15 is 0 Å². The zero-order valence-electron chi connectivity index (χ0n) is 27.1. The molecule has 0 bridgehead atoms. The van der Waals surface area contributed by atoms with E-state index in [0.717, 1.165) is 12.1 Å². The number of nitrogens with one attached hydrogen (secondary N) is 3. The van der Waals surface area contributed by atoms with Crippen molar-refractivity contribution in [1.82, 2.24) is 15.0 Å². The van der Waals surface area contributed by atoms with Crippen molar-refractivity contribution in [3.05, 3.63) is 42.0 Å². The highest BCUT2D eigenvalue weighted by molar-refractivity contribution is 7.89. The first-order valence-electron chi connectivity index (χ1n) is 14.4. The quantitative estimate of drug-likeness (QED) is 0.0375. The summed E-state index contributed by atoms with van der Waals surface area (Å²) in [6.07, 6.45) is 0. The maximum absolute atomic E-state index is 12.0. The van der Waals surface area contributed by atoms with Crippen LogP contribution in [0.4, 0.5) is 34.9 Å². The number of nitrogens with zero attached hydrogens (tertiary/aromatic N) is 5. The minimum atomic E-state index is -4.71. The summed E-state index contributed by atoms with van der Waals surface area (Å²) in [5.74, 6) is -0.563. The molecule has 4 rings (SSSR count). The summed E-state index contributed by atoms with van der Waals surface area (Å²) < 4.78 is 67.6. The van der Waals surface area contributed by atoms with E-state index in [4.69, 9.17) is 26.1 Å². The molecular weight excluding hydrogens is 699 g/mol. The Morgan fingerprint density at radius 2 is 1.70 bits per heavy atom. The van der Waals surface area contributed by atoms with Gasteiger partial charge >= 0.3 is 0 Å². The van der Waals surface area contributed by atoms with Gasteiger partial charge in [-0.05, 0) is 56.0 Å². The zero-order chi connectivity index (χ0) is 37.0. The minimum absolute atomic E-state index is 0.0372. The van der Waals surface area contributed by atoms with E-state index in [1.165, 1.54) is 38.3 Å². The smallest absolute Gasteiger partial charge is 0.294 e. The predicted octanol–water partition coefficient (Wildman–Crippen LogP) is 2.12. The van der Waals surface area contributed by atoms with E-state index < -0.39 is 36.4 Å². The molecule has 0 amide bonds. The first-order valence-corrected chi connectivity index (χ1v) is 17.3. The fourth-order valence-electron chi connectivity index (χ4n) is 4.39. The number of carbonyl (C=O) groups is 1. The number of fused-ring (bicyclic) bond motifs is 1. The van der Waals surface area contributed by atoms with E-state index in [1.54, 1.807) is 13.8 Å². The predicted molar refractivity (Wildman–Crippen MR) is 182 cm³/mol. The number of nitrogens with two attached hydrogens (primary N) is 3. The van der Waals surface area contributed by atoms with Crippen LogP contribution in [0, 0.1) is 6.92 Å². The van der Waals surface area contributed by atoms with E-state index in [9.17, 15) is 31.3 Å². The maximum atomic E-state index is 12.0. The lowest BCUT2D eigenvalue weighted by Crippen LogP contribution is -2.49. The monoisotopic (exact) mass is 733 g/mol. The van der Waals surface area contributed by atoms with Crippen molar-refractivity contribution in [1.29, 1.82) is 0 Å². The van der Waals surface area contributed by atoms with E-state index in [0.29, 0.717) is 5.56 Å². The van der Waals surface area contributed by atoms with Gasteiger partial charge < -0.3 is 42.0 Å². The Bertz CT molecular complexity index is 2180. The topological polar surface area (TPSA) is 322 Å². The number of phenols is 1. The summed E-state index contributed by atoms with van der Waals surface area (Å²) in [4.78, 5) is 23.0. The van der Waals surface area contributed by atoms with Gasteiger partial charge in [-0.15, -0.1) is 10.2 Å². The number of benzene rings is 3. The molecule has 2 atom stereocenters. The average molecular weight is 734 g/mol. The third-order valence-corrected chi connectivity index (χ3v) is 8.40. The van der Waals surface area contributed by atoms with Crippen molar-refractivity contribution in [2.45, 2.75) is 42.3 Å². The number of hydrogen-bond acceptors (Lipinski definition) is 18. The van der Waals surface area contributed by atoms with Crippen LogP contribution in [0.5, 0.6) is 11.5 Å². The lowest BCUT2D eigenvalue weighted by atomic mass is 10.1. The van der Waals surface area contributed by atoms with Gasteiger partial charge in [0.25, 0.3) is 16.6 Å². The lowest BCUT2D eigenvalue weighted by Gasteiger charge is -2.25.